The molecule has 1 aromatic carbocycles. The summed E-state index contributed by atoms with van der Waals surface area (Å²) in [5, 5.41) is 7.50. The number of halogens is 4. The number of anilines is 1. The van der Waals surface area contributed by atoms with Crippen LogP contribution in [0.15, 0.2) is 61.5 Å². The lowest BCUT2D eigenvalue weighted by Gasteiger charge is -2.44. The van der Waals surface area contributed by atoms with Gasteiger partial charge in [0.1, 0.15) is 30.3 Å². The number of benzene rings is 1. The fraction of sp³-hybridized carbons (Fsp3) is 0.296. The van der Waals surface area contributed by atoms with Crippen molar-refractivity contribution in [1.29, 1.82) is 0 Å². The van der Waals surface area contributed by atoms with E-state index in [9.17, 15) is 27.6 Å². The minimum absolute atomic E-state index is 0.0721. The summed E-state index contributed by atoms with van der Waals surface area (Å²) in [6, 6.07) is 6.00. The number of nitrogens with zero attached hydrogens (tertiary/aromatic N) is 5. The lowest BCUT2D eigenvalue weighted by molar-refractivity contribution is -0.153. The first kappa shape index (κ1) is 28.1. The number of aromatic nitrogens is 3. The summed E-state index contributed by atoms with van der Waals surface area (Å²) in [4.78, 5) is 45.2. The SMILES string of the molecule is C=CC1(C(=O)N2CCN(C(=O)Cn3cc4cc(NC(=O)c5cccc(C(F)(F)F)n5)c(Cl)cc4n3)CC2)COC1=C. The van der Waals surface area contributed by atoms with E-state index in [1.54, 1.807) is 22.1 Å². The molecule has 2 saturated heterocycles. The molecule has 1 unspecified atom stereocenters. The van der Waals surface area contributed by atoms with Crippen molar-refractivity contribution in [1.82, 2.24) is 24.6 Å². The Morgan fingerprint density at radius 1 is 1.15 bits per heavy atom. The molecule has 3 aromatic rings. The molecule has 10 nitrogen and oxygen atoms in total. The van der Waals surface area contributed by atoms with E-state index in [1.807, 2.05) is 0 Å². The Bertz CT molecular complexity index is 1580. The molecule has 0 aliphatic carbocycles. The Hall–Kier alpha value is -4.39. The largest absolute Gasteiger partial charge is 0.495 e. The Morgan fingerprint density at radius 3 is 2.46 bits per heavy atom. The number of carbonyl (C=O) groups excluding carboxylic acids is 3. The average Bonchev–Trinajstić information content (AvgIpc) is 3.33. The third-order valence-electron chi connectivity index (χ3n) is 7.08. The van der Waals surface area contributed by atoms with Crippen LogP contribution < -0.4 is 5.32 Å². The second-order valence-electron chi connectivity index (χ2n) is 9.64. The summed E-state index contributed by atoms with van der Waals surface area (Å²) in [7, 11) is 0. The van der Waals surface area contributed by atoms with E-state index in [0.29, 0.717) is 42.8 Å². The molecule has 41 heavy (non-hydrogen) atoms. The van der Waals surface area contributed by atoms with Gasteiger partial charge in [0.2, 0.25) is 11.8 Å². The normalized spacial score (nSPS) is 19.0. The molecular formula is C27H24ClF3N6O4. The molecule has 1 N–H and O–H groups in total. The summed E-state index contributed by atoms with van der Waals surface area (Å²) in [5.74, 6) is -0.838. The van der Waals surface area contributed by atoms with E-state index in [2.05, 4.69) is 28.6 Å². The standard InChI is InChI=1S/C27H24ClF3N6O4/c1-3-26(15-41-16(26)2)25(40)36-9-7-35(8-10-36)23(38)14-37-13-17-11-21(18(28)12-20(17)34-37)33-24(39)19-5-4-6-22(32-19)27(29,30)31/h3-6,11-13H,1-2,7-10,14-15H2,(H,33,39). The van der Waals surface area contributed by atoms with Crippen LogP contribution in [0.5, 0.6) is 0 Å². The third-order valence-corrected chi connectivity index (χ3v) is 7.39. The molecular weight excluding hydrogens is 565 g/mol. The quantitative estimate of drug-likeness (QED) is 0.440. The molecule has 0 radical (unpaired) electrons. The first-order valence-corrected chi connectivity index (χ1v) is 12.8. The molecule has 2 aliphatic rings. The molecule has 14 heteroatoms. The third kappa shape index (κ3) is 5.36. The number of carbonyl (C=O) groups is 3. The molecule has 5 rings (SSSR count). The topological polar surface area (TPSA) is 110 Å². The molecule has 4 heterocycles. The number of hydrogen-bond acceptors (Lipinski definition) is 6. The predicted octanol–water partition coefficient (Wildman–Crippen LogP) is 3.74. The highest BCUT2D eigenvalue weighted by Crippen LogP contribution is 2.40. The van der Waals surface area contributed by atoms with Crippen LogP contribution >= 0.6 is 11.6 Å². The van der Waals surface area contributed by atoms with E-state index in [-0.39, 0.29) is 35.7 Å². The molecule has 214 valence electrons. The zero-order valence-corrected chi connectivity index (χ0v) is 22.3. The van der Waals surface area contributed by atoms with Crippen LogP contribution in [0.2, 0.25) is 5.02 Å². The maximum absolute atomic E-state index is 13.0. The highest BCUT2D eigenvalue weighted by molar-refractivity contribution is 6.34. The lowest BCUT2D eigenvalue weighted by Crippen LogP contribution is -2.58. The maximum atomic E-state index is 13.0. The maximum Gasteiger partial charge on any atom is 0.433 e. The highest BCUT2D eigenvalue weighted by atomic mass is 35.5. The first-order valence-electron chi connectivity index (χ1n) is 12.5. The Morgan fingerprint density at radius 2 is 1.85 bits per heavy atom. The van der Waals surface area contributed by atoms with Gasteiger partial charge < -0.3 is 19.9 Å². The van der Waals surface area contributed by atoms with Crippen molar-refractivity contribution in [3.05, 3.63) is 77.9 Å². The molecule has 1 atom stereocenters. The van der Waals surface area contributed by atoms with E-state index in [1.165, 1.54) is 16.8 Å². The molecule has 3 amide bonds. The van der Waals surface area contributed by atoms with Crippen LogP contribution in [0.3, 0.4) is 0 Å². The fourth-order valence-corrected chi connectivity index (χ4v) is 4.84. The number of rotatable bonds is 6. The Kier molecular flexibility index (Phi) is 7.24. The van der Waals surface area contributed by atoms with Crippen LogP contribution in [0.25, 0.3) is 10.9 Å². The summed E-state index contributed by atoms with van der Waals surface area (Å²) < 4.78 is 45.5. The zero-order valence-electron chi connectivity index (χ0n) is 21.6. The monoisotopic (exact) mass is 588 g/mol. The van der Waals surface area contributed by atoms with Crippen molar-refractivity contribution in [2.24, 2.45) is 5.41 Å². The smallest absolute Gasteiger partial charge is 0.433 e. The highest BCUT2D eigenvalue weighted by Gasteiger charge is 2.50. The van der Waals surface area contributed by atoms with Gasteiger partial charge in [0.05, 0.1) is 16.2 Å². The van der Waals surface area contributed by atoms with Crippen LogP contribution in [0, 0.1) is 5.41 Å². The van der Waals surface area contributed by atoms with Gasteiger partial charge in [-0.1, -0.05) is 30.3 Å². The lowest BCUT2D eigenvalue weighted by atomic mass is 9.81. The second kappa shape index (κ2) is 10.5. The summed E-state index contributed by atoms with van der Waals surface area (Å²) in [6.45, 7) is 9.06. The van der Waals surface area contributed by atoms with Gasteiger partial charge >= 0.3 is 6.18 Å². The summed E-state index contributed by atoms with van der Waals surface area (Å²) in [6.07, 6.45) is -1.55. The number of amides is 3. The van der Waals surface area contributed by atoms with E-state index < -0.39 is 28.9 Å². The molecule has 2 aromatic heterocycles. The van der Waals surface area contributed by atoms with Crippen LogP contribution in [-0.4, -0.2) is 75.1 Å². The van der Waals surface area contributed by atoms with Crippen molar-refractivity contribution in [2.75, 3.05) is 38.1 Å². The average molecular weight is 589 g/mol. The van der Waals surface area contributed by atoms with Gasteiger partial charge in [0.25, 0.3) is 5.91 Å². The van der Waals surface area contributed by atoms with Crippen molar-refractivity contribution in [3.8, 4) is 0 Å². The van der Waals surface area contributed by atoms with Gasteiger partial charge in [-0.15, -0.1) is 6.58 Å². The van der Waals surface area contributed by atoms with Gasteiger partial charge in [-0.3, -0.25) is 19.1 Å². The number of pyridine rings is 1. The zero-order chi connectivity index (χ0) is 29.5. The van der Waals surface area contributed by atoms with Gasteiger partial charge in [-0.05, 0) is 24.3 Å². The van der Waals surface area contributed by atoms with Gasteiger partial charge in [0, 0.05) is 37.8 Å². The number of piperazine rings is 1. The van der Waals surface area contributed by atoms with Crippen molar-refractivity contribution >= 4 is 45.9 Å². The van der Waals surface area contributed by atoms with E-state index >= 15 is 0 Å². The molecule has 2 fully saturated rings. The Balaban J connectivity index is 1.22. The second-order valence-corrected chi connectivity index (χ2v) is 10.0. The Labute approximate surface area is 237 Å². The van der Waals surface area contributed by atoms with E-state index in [0.717, 1.165) is 18.2 Å². The minimum Gasteiger partial charge on any atom is -0.495 e. The van der Waals surface area contributed by atoms with Gasteiger partial charge in [0.15, 0.2) is 5.41 Å². The number of ether oxygens (including phenoxy) is 1. The van der Waals surface area contributed by atoms with Crippen LogP contribution in [0.4, 0.5) is 18.9 Å². The number of fused-ring (bicyclic) bond motifs is 1. The van der Waals surface area contributed by atoms with Crippen molar-refractivity contribution < 1.29 is 32.3 Å². The molecule has 0 bridgehead atoms. The van der Waals surface area contributed by atoms with Crippen LogP contribution in [-0.2, 0) is 27.0 Å². The molecule has 0 saturated carbocycles. The minimum atomic E-state index is -4.70. The van der Waals surface area contributed by atoms with Crippen LogP contribution in [0.1, 0.15) is 16.2 Å². The number of alkyl halides is 3. The molecule has 0 spiro atoms. The fourth-order valence-electron chi connectivity index (χ4n) is 4.63. The number of hydrogen-bond donors (Lipinski definition) is 1. The first-order chi connectivity index (χ1) is 19.4. The molecule has 2 aliphatic heterocycles. The van der Waals surface area contributed by atoms with Crippen molar-refractivity contribution in [2.45, 2.75) is 12.7 Å². The van der Waals surface area contributed by atoms with Gasteiger partial charge in [-0.2, -0.15) is 18.3 Å². The van der Waals surface area contributed by atoms with Crippen molar-refractivity contribution in [3.63, 3.8) is 0 Å². The van der Waals surface area contributed by atoms with Gasteiger partial charge in [-0.25, -0.2) is 4.98 Å². The number of nitrogens with one attached hydrogen (secondary N) is 1. The summed E-state index contributed by atoms with van der Waals surface area (Å²) >= 11 is 6.29. The van der Waals surface area contributed by atoms with E-state index in [4.69, 9.17) is 16.3 Å². The summed E-state index contributed by atoms with van der Waals surface area (Å²) in [5.41, 5.74) is -1.93. The predicted molar refractivity (Wildman–Crippen MR) is 143 cm³/mol.